The minimum atomic E-state index is -0.339. The molecular weight excluding hydrogens is 350 g/mol. The number of anilines is 1. The molecule has 26 heavy (non-hydrogen) atoms. The molecule has 2 heterocycles. The number of amides is 1. The Kier molecular flexibility index (Phi) is 4.39. The average Bonchev–Trinajstić information content (AvgIpc) is 3.11. The lowest BCUT2D eigenvalue weighted by Gasteiger charge is -2.35. The van der Waals surface area contributed by atoms with Crippen LogP contribution in [0.5, 0.6) is 0 Å². The second-order valence-corrected chi connectivity index (χ2v) is 6.75. The van der Waals surface area contributed by atoms with Crippen LogP contribution in [-0.4, -0.2) is 34.8 Å². The summed E-state index contributed by atoms with van der Waals surface area (Å²) in [6, 6.07) is 16.7. The van der Waals surface area contributed by atoms with Crippen molar-refractivity contribution in [2.24, 2.45) is 4.99 Å². The summed E-state index contributed by atoms with van der Waals surface area (Å²) in [6.07, 6.45) is 0.359. The minimum Gasteiger partial charge on any atom is -0.511 e. The molecule has 0 saturated heterocycles. The second-order valence-electron chi connectivity index (χ2n) is 6.31. The summed E-state index contributed by atoms with van der Waals surface area (Å²) in [7, 11) is 0. The van der Waals surface area contributed by atoms with E-state index in [0.717, 1.165) is 12.1 Å². The van der Waals surface area contributed by atoms with Crippen LogP contribution in [0.25, 0.3) is 0 Å². The molecule has 132 valence electrons. The van der Waals surface area contributed by atoms with Gasteiger partial charge in [-0.25, -0.2) is 0 Å². The third-order valence-electron chi connectivity index (χ3n) is 4.66. The number of aliphatic imine (C=N–C) groups is 1. The van der Waals surface area contributed by atoms with Crippen LogP contribution in [0.15, 0.2) is 70.9 Å². The predicted octanol–water partition coefficient (Wildman–Crippen LogP) is 3.95. The van der Waals surface area contributed by atoms with E-state index in [1.54, 1.807) is 0 Å². The van der Waals surface area contributed by atoms with Gasteiger partial charge < -0.3 is 15.3 Å². The Morgan fingerprint density at radius 3 is 2.62 bits per heavy atom. The summed E-state index contributed by atoms with van der Waals surface area (Å²) in [5.41, 5.74) is 1.98. The Morgan fingerprint density at radius 2 is 1.88 bits per heavy atom. The first-order valence-electron chi connectivity index (χ1n) is 8.49. The Hall–Kier alpha value is -2.79. The number of aliphatic hydroxyl groups excluding tert-OH is 1. The third kappa shape index (κ3) is 3.06. The maximum absolute atomic E-state index is 12.8. The molecule has 0 aromatic heterocycles. The number of nitrogens with zero attached hydrogens (tertiary/aromatic N) is 2. The van der Waals surface area contributed by atoms with Crippen molar-refractivity contribution in [2.45, 2.75) is 12.5 Å². The Labute approximate surface area is 156 Å². The van der Waals surface area contributed by atoms with Crippen molar-refractivity contribution in [3.8, 4) is 0 Å². The number of hydrogen-bond acceptors (Lipinski definition) is 4. The maximum Gasteiger partial charge on any atom is 0.262 e. The van der Waals surface area contributed by atoms with Gasteiger partial charge in [0.15, 0.2) is 0 Å². The van der Waals surface area contributed by atoms with E-state index in [9.17, 15) is 9.90 Å². The summed E-state index contributed by atoms with van der Waals surface area (Å²) in [5, 5.41) is 14.1. The second kappa shape index (κ2) is 6.84. The number of fused-ring (bicyclic) bond motifs is 1. The molecule has 0 fully saturated rings. The molecule has 1 amide bonds. The summed E-state index contributed by atoms with van der Waals surface area (Å²) < 4.78 is 0. The molecule has 0 bridgehead atoms. The Balaban J connectivity index is 1.65. The largest absolute Gasteiger partial charge is 0.511 e. The van der Waals surface area contributed by atoms with Gasteiger partial charge in [0.2, 0.25) is 0 Å². The summed E-state index contributed by atoms with van der Waals surface area (Å²) in [5.74, 6) is 0.284. The number of rotatable bonds is 3. The smallest absolute Gasteiger partial charge is 0.262 e. The molecule has 2 aromatic rings. The molecule has 2 aliphatic rings. The molecule has 6 heteroatoms. The van der Waals surface area contributed by atoms with Crippen molar-refractivity contribution in [3.05, 3.63) is 76.5 Å². The van der Waals surface area contributed by atoms with Crippen molar-refractivity contribution in [1.29, 1.82) is 0 Å². The summed E-state index contributed by atoms with van der Waals surface area (Å²) in [4.78, 5) is 19.3. The standard InChI is InChI=1S/C20H18ClN3O2/c21-14-8-6-13(7-9-14)16-12-17(25)18(19-22-10-11-24(16)19)20(26)23-15-4-2-1-3-5-15/h1-9,16,25H,10-12H2,(H,23,26)/t16-/m0/s1. The van der Waals surface area contributed by atoms with Gasteiger partial charge in [-0.3, -0.25) is 9.79 Å². The molecule has 5 nitrogen and oxygen atoms in total. The van der Waals surface area contributed by atoms with Crippen molar-refractivity contribution < 1.29 is 9.90 Å². The van der Waals surface area contributed by atoms with Gasteiger partial charge in [0.25, 0.3) is 5.91 Å². The zero-order valence-electron chi connectivity index (χ0n) is 14.0. The van der Waals surface area contributed by atoms with Gasteiger partial charge in [0.1, 0.15) is 17.2 Å². The number of benzene rings is 2. The molecule has 0 saturated carbocycles. The van der Waals surface area contributed by atoms with E-state index in [1.165, 1.54) is 0 Å². The van der Waals surface area contributed by atoms with Gasteiger partial charge >= 0.3 is 0 Å². The fraction of sp³-hybridized carbons (Fsp3) is 0.200. The van der Waals surface area contributed by atoms with Crippen LogP contribution in [0, 0.1) is 0 Å². The number of nitrogens with one attached hydrogen (secondary N) is 1. The van der Waals surface area contributed by atoms with Crippen molar-refractivity contribution >= 4 is 29.0 Å². The van der Waals surface area contributed by atoms with Gasteiger partial charge in [0, 0.05) is 23.7 Å². The monoisotopic (exact) mass is 367 g/mol. The predicted molar refractivity (Wildman–Crippen MR) is 103 cm³/mol. The normalized spacial score (nSPS) is 19.2. The quantitative estimate of drug-likeness (QED) is 0.863. The van der Waals surface area contributed by atoms with Crippen LogP contribution in [0.1, 0.15) is 18.0 Å². The number of aliphatic hydroxyl groups is 1. The fourth-order valence-corrected chi connectivity index (χ4v) is 3.57. The average molecular weight is 368 g/mol. The molecule has 0 aliphatic carbocycles. The van der Waals surface area contributed by atoms with E-state index >= 15 is 0 Å². The molecule has 0 spiro atoms. The zero-order valence-corrected chi connectivity index (χ0v) is 14.8. The lowest BCUT2D eigenvalue weighted by atomic mass is 9.93. The highest BCUT2D eigenvalue weighted by Gasteiger charge is 2.38. The maximum atomic E-state index is 12.8. The van der Waals surface area contributed by atoms with Crippen LogP contribution in [0.2, 0.25) is 5.02 Å². The van der Waals surface area contributed by atoms with Crippen LogP contribution >= 0.6 is 11.6 Å². The molecule has 2 N–H and O–H groups in total. The van der Waals surface area contributed by atoms with Crippen LogP contribution in [0.3, 0.4) is 0 Å². The number of carbonyl (C=O) groups excluding carboxylic acids is 1. The van der Waals surface area contributed by atoms with Crippen LogP contribution < -0.4 is 5.32 Å². The van der Waals surface area contributed by atoms with Gasteiger partial charge in [-0.05, 0) is 29.8 Å². The number of carbonyl (C=O) groups is 1. The minimum absolute atomic E-state index is 0.0539. The summed E-state index contributed by atoms with van der Waals surface area (Å²) in [6.45, 7) is 1.33. The first-order chi connectivity index (χ1) is 12.6. The van der Waals surface area contributed by atoms with Crippen molar-refractivity contribution in [2.75, 3.05) is 18.4 Å². The van der Waals surface area contributed by atoms with Gasteiger partial charge in [-0.1, -0.05) is 41.9 Å². The molecule has 2 aliphatic heterocycles. The lowest BCUT2D eigenvalue weighted by Crippen LogP contribution is -2.41. The van der Waals surface area contributed by atoms with Crippen molar-refractivity contribution in [1.82, 2.24) is 4.90 Å². The first-order valence-corrected chi connectivity index (χ1v) is 8.87. The topological polar surface area (TPSA) is 64.9 Å². The molecule has 0 radical (unpaired) electrons. The van der Waals surface area contributed by atoms with E-state index < -0.39 is 0 Å². The van der Waals surface area contributed by atoms with Gasteiger partial charge in [-0.15, -0.1) is 0 Å². The van der Waals surface area contributed by atoms with E-state index in [-0.39, 0.29) is 23.3 Å². The van der Waals surface area contributed by atoms with E-state index in [0.29, 0.717) is 29.5 Å². The third-order valence-corrected chi connectivity index (χ3v) is 4.92. The first kappa shape index (κ1) is 16.7. The highest BCUT2D eigenvalue weighted by molar-refractivity contribution is 6.30. The number of para-hydroxylation sites is 1. The molecule has 2 aromatic carbocycles. The highest BCUT2D eigenvalue weighted by atomic mass is 35.5. The van der Waals surface area contributed by atoms with Crippen molar-refractivity contribution in [3.63, 3.8) is 0 Å². The Morgan fingerprint density at radius 1 is 1.15 bits per heavy atom. The van der Waals surface area contributed by atoms with E-state index in [1.807, 2.05) is 54.6 Å². The number of hydrogen-bond donors (Lipinski definition) is 2. The van der Waals surface area contributed by atoms with Crippen LogP contribution in [0.4, 0.5) is 5.69 Å². The summed E-state index contributed by atoms with van der Waals surface area (Å²) >= 11 is 5.98. The fourth-order valence-electron chi connectivity index (χ4n) is 3.44. The molecule has 0 unspecified atom stereocenters. The Bertz CT molecular complexity index is 891. The SMILES string of the molecule is O=C(Nc1ccccc1)C1=C(O)C[C@@H](c2ccc(Cl)cc2)N2CCN=C12. The van der Waals surface area contributed by atoms with E-state index in [2.05, 4.69) is 15.2 Å². The highest BCUT2D eigenvalue weighted by Crippen LogP contribution is 2.36. The molecular formula is C20H18ClN3O2. The number of amidine groups is 1. The molecule has 1 atom stereocenters. The molecule has 4 rings (SSSR count). The van der Waals surface area contributed by atoms with Gasteiger partial charge in [-0.2, -0.15) is 0 Å². The van der Waals surface area contributed by atoms with Crippen LogP contribution in [-0.2, 0) is 4.79 Å². The zero-order chi connectivity index (χ0) is 18.1. The van der Waals surface area contributed by atoms with E-state index in [4.69, 9.17) is 11.6 Å². The number of halogens is 1. The van der Waals surface area contributed by atoms with Gasteiger partial charge in [0.05, 0.1) is 12.6 Å². The lowest BCUT2D eigenvalue weighted by molar-refractivity contribution is -0.112.